The van der Waals surface area contributed by atoms with Crippen LogP contribution < -0.4 is 4.90 Å². The third-order valence-corrected chi connectivity index (χ3v) is 5.58. The normalized spacial score (nSPS) is 12.2. The average molecular weight is 406 g/mol. The van der Waals surface area contributed by atoms with Gasteiger partial charge in [0.25, 0.3) is 0 Å². The number of pyridine rings is 1. The number of hydrogen-bond acceptors (Lipinski definition) is 5. The van der Waals surface area contributed by atoms with E-state index in [0.717, 1.165) is 6.20 Å². The number of amides is 1. The minimum absolute atomic E-state index is 0.150. The number of nitrogens with zero attached hydrogens (tertiary/aromatic N) is 3. The summed E-state index contributed by atoms with van der Waals surface area (Å²) in [5.41, 5.74) is 0.549. The van der Waals surface area contributed by atoms with E-state index in [2.05, 4.69) is 25.9 Å². The van der Waals surface area contributed by atoms with Gasteiger partial charge in [0.15, 0.2) is 0 Å². The fourth-order valence-corrected chi connectivity index (χ4v) is 3.85. The van der Waals surface area contributed by atoms with E-state index in [0.29, 0.717) is 25.9 Å². The summed E-state index contributed by atoms with van der Waals surface area (Å²) < 4.78 is 24.8. The zero-order chi connectivity index (χ0) is 16.3. The molecule has 0 radical (unpaired) electrons. The SMILES string of the molecule is CN(C(=O)CCS(C)=O)c1sc(-c2cncc(F)c2)nc1Br. The van der Waals surface area contributed by atoms with Crippen molar-refractivity contribution in [3.8, 4) is 10.6 Å². The smallest absolute Gasteiger partial charge is 0.228 e. The molecule has 2 aromatic heterocycles. The van der Waals surface area contributed by atoms with E-state index in [1.54, 1.807) is 13.3 Å². The molecular weight excluding hydrogens is 393 g/mol. The first-order valence-electron chi connectivity index (χ1n) is 6.22. The third-order valence-electron chi connectivity index (χ3n) is 2.80. The Morgan fingerprint density at radius 3 is 2.86 bits per heavy atom. The fourth-order valence-electron chi connectivity index (χ4n) is 1.66. The third kappa shape index (κ3) is 4.17. The lowest BCUT2D eigenvalue weighted by Gasteiger charge is -2.14. The Labute approximate surface area is 142 Å². The molecular formula is C13H13BrFN3O2S2. The monoisotopic (exact) mass is 405 g/mol. The van der Waals surface area contributed by atoms with Crippen LogP contribution in [0, 0.1) is 5.82 Å². The second kappa shape index (κ2) is 7.38. The lowest BCUT2D eigenvalue weighted by molar-refractivity contribution is -0.117. The van der Waals surface area contributed by atoms with Crippen molar-refractivity contribution in [1.82, 2.24) is 9.97 Å². The number of hydrogen-bond donors (Lipinski definition) is 0. The van der Waals surface area contributed by atoms with Crippen LogP contribution in [0.5, 0.6) is 0 Å². The molecule has 22 heavy (non-hydrogen) atoms. The number of rotatable bonds is 5. The Morgan fingerprint density at radius 1 is 1.50 bits per heavy atom. The first-order chi connectivity index (χ1) is 10.4. The van der Waals surface area contributed by atoms with E-state index in [-0.39, 0.29) is 12.3 Å². The van der Waals surface area contributed by atoms with E-state index in [1.165, 1.54) is 28.5 Å². The standard InChI is InChI=1S/C13H13BrFN3O2S2/c1-18(10(19)3-4-22(2)20)13-11(14)17-12(21-13)8-5-9(15)7-16-6-8/h5-7H,3-4H2,1-2H3. The van der Waals surface area contributed by atoms with E-state index in [1.807, 2.05) is 0 Å². The maximum absolute atomic E-state index is 13.2. The first kappa shape index (κ1) is 17.2. The average Bonchev–Trinajstić information content (AvgIpc) is 2.86. The maximum atomic E-state index is 13.2. The summed E-state index contributed by atoms with van der Waals surface area (Å²) in [5.74, 6) is -0.274. The molecule has 2 rings (SSSR count). The summed E-state index contributed by atoms with van der Waals surface area (Å²) in [6, 6.07) is 1.34. The lowest BCUT2D eigenvalue weighted by atomic mass is 10.3. The van der Waals surface area contributed by atoms with Crippen molar-refractivity contribution >= 4 is 49.0 Å². The summed E-state index contributed by atoms with van der Waals surface area (Å²) in [7, 11) is 0.619. The Balaban J connectivity index is 2.22. The van der Waals surface area contributed by atoms with Crippen LogP contribution in [-0.4, -0.2) is 39.1 Å². The Kier molecular flexibility index (Phi) is 5.76. The quantitative estimate of drug-likeness (QED) is 0.766. The number of aromatic nitrogens is 2. The van der Waals surface area contributed by atoms with Crippen LogP contribution in [-0.2, 0) is 15.6 Å². The highest BCUT2D eigenvalue weighted by Gasteiger charge is 2.19. The molecule has 118 valence electrons. The minimum atomic E-state index is -1.01. The molecule has 0 N–H and O–H groups in total. The van der Waals surface area contributed by atoms with Crippen LogP contribution in [0.2, 0.25) is 0 Å². The molecule has 0 saturated carbocycles. The summed E-state index contributed by atoms with van der Waals surface area (Å²) in [4.78, 5) is 21.6. The van der Waals surface area contributed by atoms with Crippen molar-refractivity contribution in [2.24, 2.45) is 0 Å². The van der Waals surface area contributed by atoms with E-state index < -0.39 is 16.6 Å². The molecule has 0 bridgehead atoms. The van der Waals surface area contributed by atoms with Crippen LogP contribution in [0.1, 0.15) is 6.42 Å². The molecule has 2 heterocycles. The highest BCUT2D eigenvalue weighted by molar-refractivity contribution is 9.10. The molecule has 1 unspecified atom stereocenters. The molecule has 0 aliphatic heterocycles. The number of halogens is 2. The number of carbonyl (C=O) groups excluding carboxylic acids is 1. The fraction of sp³-hybridized carbons (Fsp3) is 0.308. The Bertz CT molecular complexity index is 723. The molecule has 0 aliphatic carbocycles. The summed E-state index contributed by atoms with van der Waals surface area (Å²) in [6.07, 6.45) is 4.39. The van der Waals surface area contributed by atoms with Crippen molar-refractivity contribution in [3.05, 3.63) is 28.9 Å². The topological polar surface area (TPSA) is 63.2 Å². The van der Waals surface area contributed by atoms with Gasteiger partial charge in [-0.1, -0.05) is 11.3 Å². The lowest BCUT2D eigenvalue weighted by Crippen LogP contribution is -2.26. The van der Waals surface area contributed by atoms with E-state index >= 15 is 0 Å². The molecule has 0 aromatic carbocycles. The molecule has 2 aromatic rings. The van der Waals surface area contributed by atoms with Crippen LogP contribution in [0.25, 0.3) is 10.6 Å². The van der Waals surface area contributed by atoms with Crippen LogP contribution in [0.3, 0.4) is 0 Å². The van der Waals surface area contributed by atoms with Gasteiger partial charge in [0.05, 0.1) is 6.20 Å². The van der Waals surface area contributed by atoms with Gasteiger partial charge in [-0.05, 0) is 22.0 Å². The molecule has 0 spiro atoms. The van der Waals surface area contributed by atoms with Crippen molar-refractivity contribution < 1.29 is 13.4 Å². The van der Waals surface area contributed by atoms with Gasteiger partial charge in [-0.3, -0.25) is 14.0 Å². The Hall–Kier alpha value is -1.19. The van der Waals surface area contributed by atoms with E-state index in [4.69, 9.17) is 0 Å². The van der Waals surface area contributed by atoms with Gasteiger partial charge in [0.2, 0.25) is 5.91 Å². The molecule has 1 amide bonds. The molecule has 0 aliphatic rings. The van der Waals surface area contributed by atoms with Crippen molar-refractivity contribution in [3.63, 3.8) is 0 Å². The van der Waals surface area contributed by atoms with Gasteiger partial charge >= 0.3 is 0 Å². The Morgan fingerprint density at radius 2 is 2.23 bits per heavy atom. The van der Waals surface area contributed by atoms with Crippen LogP contribution in [0.4, 0.5) is 9.39 Å². The van der Waals surface area contributed by atoms with Crippen molar-refractivity contribution in [2.45, 2.75) is 6.42 Å². The summed E-state index contributed by atoms with van der Waals surface area (Å²) >= 11 is 4.57. The molecule has 5 nitrogen and oxygen atoms in total. The van der Waals surface area contributed by atoms with Crippen molar-refractivity contribution in [1.29, 1.82) is 0 Å². The minimum Gasteiger partial charge on any atom is -0.305 e. The van der Waals surface area contributed by atoms with Gasteiger partial charge in [0, 0.05) is 48.0 Å². The zero-order valence-corrected chi connectivity index (χ0v) is 15.1. The second-order valence-electron chi connectivity index (χ2n) is 4.49. The predicted octanol–water partition coefficient (Wildman–Crippen LogP) is 2.84. The summed E-state index contributed by atoms with van der Waals surface area (Å²) in [5, 5.41) is 1.18. The van der Waals surface area contributed by atoms with Gasteiger partial charge in [0.1, 0.15) is 20.4 Å². The van der Waals surface area contributed by atoms with Gasteiger partial charge in [-0.15, -0.1) is 0 Å². The van der Waals surface area contributed by atoms with Gasteiger partial charge in [-0.2, -0.15) is 0 Å². The number of thiazole rings is 1. The largest absolute Gasteiger partial charge is 0.305 e. The second-order valence-corrected chi connectivity index (χ2v) is 7.77. The van der Waals surface area contributed by atoms with Crippen LogP contribution >= 0.6 is 27.3 Å². The summed E-state index contributed by atoms with van der Waals surface area (Å²) in [6.45, 7) is 0. The maximum Gasteiger partial charge on any atom is 0.228 e. The van der Waals surface area contributed by atoms with Gasteiger partial charge in [-0.25, -0.2) is 9.37 Å². The predicted molar refractivity (Wildman–Crippen MR) is 90.0 cm³/mol. The molecule has 1 atom stereocenters. The highest BCUT2D eigenvalue weighted by Crippen LogP contribution is 2.37. The number of anilines is 1. The van der Waals surface area contributed by atoms with E-state index in [9.17, 15) is 13.4 Å². The molecule has 0 fully saturated rings. The molecule has 9 heteroatoms. The van der Waals surface area contributed by atoms with Gasteiger partial charge < -0.3 is 4.90 Å². The zero-order valence-electron chi connectivity index (χ0n) is 11.9. The molecule has 0 saturated heterocycles. The first-order valence-corrected chi connectivity index (χ1v) is 9.56. The number of carbonyl (C=O) groups is 1. The highest BCUT2D eigenvalue weighted by atomic mass is 79.9. The van der Waals surface area contributed by atoms with Crippen molar-refractivity contribution in [2.75, 3.05) is 24.0 Å². The van der Waals surface area contributed by atoms with Crippen LogP contribution in [0.15, 0.2) is 23.1 Å².